The third-order valence-electron chi connectivity index (χ3n) is 2.87. The highest BCUT2D eigenvalue weighted by Crippen LogP contribution is 2.20. The molecule has 3 rings (SSSR count). The van der Waals surface area contributed by atoms with Crippen LogP contribution in [0.4, 0.5) is 4.39 Å². The third-order valence-corrected chi connectivity index (χ3v) is 4.25. The molecule has 118 valence electrons. The van der Waals surface area contributed by atoms with E-state index in [2.05, 4.69) is 31.5 Å². The molecule has 0 aliphatic carbocycles. The summed E-state index contributed by atoms with van der Waals surface area (Å²) in [5.74, 6) is 1.14. The molecular weight excluding hydrogens is 383 g/mol. The van der Waals surface area contributed by atoms with Gasteiger partial charge < -0.3 is 4.74 Å². The average molecular weight is 395 g/mol. The number of hydrogen-bond donors (Lipinski definition) is 0. The molecule has 0 unspecified atom stereocenters. The fourth-order valence-corrected chi connectivity index (χ4v) is 2.97. The molecule has 0 fully saturated rings. The second kappa shape index (κ2) is 7.56. The van der Waals surface area contributed by atoms with Crippen LogP contribution in [0.15, 0.2) is 58.2 Å². The summed E-state index contributed by atoms with van der Waals surface area (Å²) in [5.41, 5.74) is 0.588. The molecule has 1 heterocycles. The van der Waals surface area contributed by atoms with E-state index in [1.165, 1.54) is 28.6 Å². The molecule has 23 heavy (non-hydrogen) atoms. The third kappa shape index (κ3) is 4.29. The zero-order valence-electron chi connectivity index (χ0n) is 11.9. The Kier molecular flexibility index (Phi) is 5.24. The summed E-state index contributed by atoms with van der Waals surface area (Å²) >= 11 is 4.84. The molecule has 0 spiro atoms. The zero-order chi connectivity index (χ0) is 16.1. The van der Waals surface area contributed by atoms with Crippen molar-refractivity contribution in [3.05, 3.63) is 58.8 Å². The number of benzene rings is 2. The number of tetrazole rings is 1. The van der Waals surface area contributed by atoms with Crippen LogP contribution in [0.2, 0.25) is 0 Å². The van der Waals surface area contributed by atoms with E-state index in [1.54, 1.807) is 12.1 Å². The Morgan fingerprint density at radius 3 is 2.87 bits per heavy atom. The molecule has 1 aromatic heterocycles. The molecular formula is C15H12BrFN4OS. The molecule has 0 atom stereocenters. The van der Waals surface area contributed by atoms with Gasteiger partial charge >= 0.3 is 0 Å². The topological polar surface area (TPSA) is 52.8 Å². The standard InChI is InChI=1S/C15H12BrFN4OS/c16-11-3-1-6-14(9-11)22-7-8-23-15-18-19-20-21(15)13-5-2-4-12(17)10-13/h1-6,9-10H,7-8H2. The first kappa shape index (κ1) is 15.9. The number of hydrogen-bond acceptors (Lipinski definition) is 5. The van der Waals surface area contributed by atoms with Gasteiger partial charge in [-0.05, 0) is 46.8 Å². The summed E-state index contributed by atoms with van der Waals surface area (Å²) in [4.78, 5) is 0. The molecule has 0 saturated carbocycles. The van der Waals surface area contributed by atoms with E-state index < -0.39 is 0 Å². The van der Waals surface area contributed by atoms with Crippen molar-refractivity contribution in [2.24, 2.45) is 0 Å². The van der Waals surface area contributed by atoms with Crippen molar-refractivity contribution in [2.45, 2.75) is 5.16 Å². The minimum Gasteiger partial charge on any atom is -0.493 e. The first-order valence-corrected chi connectivity index (χ1v) is 8.56. The van der Waals surface area contributed by atoms with Crippen molar-refractivity contribution in [3.8, 4) is 11.4 Å². The summed E-state index contributed by atoms with van der Waals surface area (Å²) in [6.45, 7) is 0.511. The molecule has 5 nitrogen and oxygen atoms in total. The Morgan fingerprint density at radius 2 is 2.04 bits per heavy atom. The SMILES string of the molecule is Fc1cccc(-n2nnnc2SCCOc2cccc(Br)c2)c1. The van der Waals surface area contributed by atoms with Crippen LogP contribution in [0.5, 0.6) is 5.75 Å². The Bertz CT molecular complexity index is 798. The minimum atomic E-state index is -0.327. The largest absolute Gasteiger partial charge is 0.493 e. The normalized spacial score (nSPS) is 10.7. The Hall–Kier alpha value is -1.93. The molecule has 2 aromatic carbocycles. The molecule has 0 aliphatic heterocycles. The summed E-state index contributed by atoms with van der Waals surface area (Å²) < 4.78 is 21.4. The van der Waals surface area contributed by atoms with Crippen LogP contribution in [-0.4, -0.2) is 32.6 Å². The monoisotopic (exact) mass is 394 g/mol. The Balaban J connectivity index is 1.58. The quantitative estimate of drug-likeness (QED) is 0.470. The summed E-state index contributed by atoms with van der Waals surface area (Å²) in [6, 6.07) is 13.8. The van der Waals surface area contributed by atoms with Crippen molar-refractivity contribution in [2.75, 3.05) is 12.4 Å². The number of rotatable bonds is 6. The van der Waals surface area contributed by atoms with Gasteiger partial charge in [0.2, 0.25) is 5.16 Å². The zero-order valence-corrected chi connectivity index (χ0v) is 14.3. The highest BCUT2D eigenvalue weighted by atomic mass is 79.9. The highest BCUT2D eigenvalue weighted by molar-refractivity contribution is 9.10. The summed E-state index contributed by atoms with van der Waals surface area (Å²) in [6.07, 6.45) is 0. The van der Waals surface area contributed by atoms with Crippen molar-refractivity contribution < 1.29 is 9.13 Å². The van der Waals surface area contributed by atoms with Crippen LogP contribution in [0, 0.1) is 5.82 Å². The number of ether oxygens (including phenoxy) is 1. The van der Waals surface area contributed by atoms with Crippen LogP contribution in [0.3, 0.4) is 0 Å². The maximum Gasteiger partial charge on any atom is 0.214 e. The van der Waals surface area contributed by atoms with Crippen molar-refractivity contribution in [1.82, 2.24) is 20.2 Å². The van der Waals surface area contributed by atoms with Gasteiger partial charge in [0.1, 0.15) is 11.6 Å². The first-order chi connectivity index (χ1) is 11.2. The van der Waals surface area contributed by atoms with Crippen LogP contribution >= 0.6 is 27.7 Å². The van der Waals surface area contributed by atoms with E-state index in [0.717, 1.165) is 10.2 Å². The fourth-order valence-electron chi connectivity index (χ4n) is 1.89. The number of nitrogens with zero attached hydrogens (tertiary/aromatic N) is 4. The molecule has 8 heteroatoms. The minimum absolute atomic E-state index is 0.327. The highest BCUT2D eigenvalue weighted by Gasteiger charge is 2.09. The molecule has 3 aromatic rings. The van der Waals surface area contributed by atoms with Gasteiger partial charge in [-0.1, -0.05) is 39.8 Å². The van der Waals surface area contributed by atoms with Gasteiger partial charge in [-0.2, -0.15) is 4.68 Å². The van der Waals surface area contributed by atoms with Gasteiger partial charge in [-0.15, -0.1) is 5.10 Å². The molecule has 0 saturated heterocycles. The molecule has 0 bridgehead atoms. The predicted molar refractivity (Wildman–Crippen MR) is 89.5 cm³/mol. The van der Waals surface area contributed by atoms with Gasteiger partial charge in [0.15, 0.2) is 0 Å². The van der Waals surface area contributed by atoms with E-state index >= 15 is 0 Å². The number of aromatic nitrogens is 4. The lowest BCUT2D eigenvalue weighted by molar-refractivity contribution is 0.343. The average Bonchev–Trinajstić information content (AvgIpc) is 3.00. The van der Waals surface area contributed by atoms with E-state index in [0.29, 0.717) is 23.2 Å². The smallest absolute Gasteiger partial charge is 0.214 e. The lowest BCUT2D eigenvalue weighted by Gasteiger charge is -2.07. The van der Waals surface area contributed by atoms with Gasteiger partial charge in [0.05, 0.1) is 12.3 Å². The molecule has 0 aliphatic rings. The van der Waals surface area contributed by atoms with Gasteiger partial charge in [-0.25, -0.2) is 4.39 Å². The van der Waals surface area contributed by atoms with Gasteiger partial charge in [0, 0.05) is 10.2 Å². The van der Waals surface area contributed by atoms with Crippen molar-refractivity contribution in [1.29, 1.82) is 0 Å². The first-order valence-electron chi connectivity index (χ1n) is 6.78. The molecule has 0 amide bonds. The van der Waals surface area contributed by atoms with Crippen LogP contribution in [-0.2, 0) is 0 Å². The fraction of sp³-hybridized carbons (Fsp3) is 0.133. The van der Waals surface area contributed by atoms with Gasteiger partial charge in [-0.3, -0.25) is 0 Å². The van der Waals surface area contributed by atoms with Crippen LogP contribution in [0.1, 0.15) is 0 Å². The van der Waals surface area contributed by atoms with E-state index in [1.807, 2.05) is 24.3 Å². The lowest BCUT2D eigenvalue weighted by atomic mass is 10.3. The molecule has 0 radical (unpaired) electrons. The van der Waals surface area contributed by atoms with Crippen LogP contribution < -0.4 is 4.74 Å². The Labute approximate surface area is 145 Å². The van der Waals surface area contributed by atoms with E-state index in [-0.39, 0.29) is 5.82 Å². The second-order valence-electron chi connectivity index (χ2n) is 4.51. The number of thioether (sulfide) groups is 1. The second-order valence-corrected chi connectivity index (χ2v) is 6.49. The Morgan fingerprint density at radius 1 is 1.17 bits per heavy atom. The maximum absolute atomic E-state index is 13.3. The number of halogens is 2. The molecule has 0 N–H and O–H groups in total. The van der Waals surface area contributed by atoms with Crippen LogP contribution in [0.25, 0.3) is 5.69 Å². The summed E-state index contributed by atoms with van der Waals surface area (Å²) in [5, 5.41) is 12.1. The summed E-state index contributed by atoms with van der Waals surface area (Å²) in [7, 11) is 0. The van der Waals surface area contributed by atoms with E-state index in [9.17, 15) is 4.39 Å². The maximum atomic E-state index is 13.3. The van der Waals surface area contributed by atoms with Gasteiger partial charge in [0.25, 0.3) is 0 Å². The van der Waals surface area contributed by atoms with Crippen molar-refractivity contribution in [3.63, 3.8) is 0 Å². The predicted octanol–water partition coefficient (Wildman–Crippen LogP) is 3.74. The van der Waals surface area contributed by atoms with Crippen molar-refractivity contribution >= 4 is 27.7 Å². The van der Waals surface area contributed by atoms with E-state index in [4.69, 9.17) is 4.74 Å². The lowest BCUT2D eigenvalue weighted by Crippen LogP contribution is -2.03.